The van der Waals surface area contributed by atoms with Crippen molar-refractivity contribution < 1.29 is 19.0 Å². The van der Waals surface area contributed by atoms with Crippen LogP contribution in [0.1, 0.15) is 12.0 Å². The van der Waals surface area contributed by atoms with Crippen LogP contribution in [-0.2, 0) is 25.6 Å². The second kappa shape index (κ2) is 10.2. The van der Waals surface area contributed by atoms with Crippen molar-refractivity contribution in [3.05, 3.63) is 48.0 Å². The van der Waals surface area contributed by atoms with Crippen LogP contribution in [0.5, 0.6) is 0 Å². The van der Waals surface area contributed by atoms with Crippen LogP contribution in [0.2, 0.25) is 0 Å². The van der Waals surface area contributed by atoms with Crippen LogP contribution in [0.15, 0.2) is 42.5 Å². The van der Waals surface area contributed by atoms with Crippen molar-refractivity contribution in [2.24, 2.45) is 5.92 Å². The third-order valence-electron chi connectivity index (χ3n) is 2.75. The molecule has 20 heavy (non-hydrogen) atoms. The molecule has 1 aromatic carbocycles. The molecule has 0 N–H and O–H groups in total. The first kappa shape index (κ1) is 16.4. The molecule has 0 aliphatic rings. The van der Waals surface area contributed by atoms with Gasteiger partial charge in [-0.25, -0.2) is 4.79 Å². The van der Waals surface area contributed by atoms with Gasteiger partial charge in [-0.3, -0.25) is 0 Å². The molecule has 110 valence electrons. The van der Waals surface area contributed by atoms with Gasteiger partial charge in [0.05, 0.1) is 13.2 Å². The summed E-state index contributed by atoms with van der Waals surface area (Å²) in [7, 11) is 3.31. The number of methoxy groups -OCH3 is 2. The Morgan fingerprint density at radius 2 is 1.80 bits per heavy atom. The molecule has 1 rings (SSSR count). The third-order valence-corrected chi connectivity index (χ3v) is 2.75. The van der Waals surface area contributed by atoms with Crippen LogP contribution in [0.25, 0.3) is 0 Å². The van der Waals surface area contributed by atoms with Crippen LogP contribution in [0, 0.1) is 5.92 Å². The lowest BCUT2D eigenvalue weighted by Crippen LogP contribution is -2.13. The van der Waals surface area contributed by atoms with Crippen LogP contribution in [-0.4, -0.2) is 33.4 Å². The standard InChI is InChI=1S/C16H22O4/c1-18-11-15(12-19-2)9-6-10-16(17)20-13-14-7-4-3-5-8-14/h3-8,10,15H,9,11-13H2,1-2H3/b10-6+. The summed E-state index contributed by atoms with van der Waals surface area (Å²) in [6.45, 7) is 1.51. The molecule has 0 amide bonds. The van der Waals surface area contributed by atoms with E-state index in [2.05, 4.69) is 0 Å². The maximum absolute atomic E-state index is 11.5. The molecular formula is C16H22O4. The van der Waals surface area contributed by atoms with Crippen LogP contribution < -0.4 is 0 Å². The fourth-order valence-corrected chi connectivity index (χ4v) is 1.79. The Morgan fingerprint density at radius 1 is 1.15 bits per heavy atom. The summed E-state index contributed by atoms with van der Waals surface area (Å²) in [5.74, 6) is -0.0781. The molecule has 4 nitrogen and oxygen atoms in total. The Kier molecular flexibility index (Phi) is 8.35. The molecule has 0 atom stereocenters. The van der Waals surface area contributed by atoms with Crippen molar-refractivity contribution in [1.29, 1.82) is 0 Å². The highest BCUT2D eigenvalue weighted by atomic mass is 16.5. The molecule has 0 heterocycles. The third kappa shape index (κ3) is 7.07. The Morgan fingerprint density at radius 3 is 2.40 bits per heavy atom. The molecule has 0 fully saturated rings. The van der Waals surface area contributed by atoms with Crippen molar-refractivity contribution in [2.45, 2.75) is 13.0 Å². The lowest BCUT2D eigenvalue weighted by Gasteiger charge is -2.12. The normalized spacial score (nSPS) is 11.2. The van der Waals surface area contributed by atoms with E-state index in [1.807, 2.05) is 30.3 Å². The molecule has 0 saturated heterocycles. The van der Waals surface area contributed by atoms with E-state index in [1.165, 1.54) is 6.08 Å². The number of hydrogen-bond donors (Lipinski definition) is 0. The Hall–Kier alpha value is -1.65. The Labute approximate surface area is 120 Å². The zero-order valence-corrected chi connectivity index (χ0v) is 12.1. The van der Waals surface area contributed by atoms with Gasteiger partial charge in [-0.1, -0.05) is 36.4 Å². The van der Waals surface area contributed by atoms with Gasteiger partial charge >= 0.3 is 5.97 Å². The summed E-state index contributed by atoms with van der Waals surface area (Å²) < 4.78 is 15.3. The predicted molar refractivity (Wildman–Crippen MR) is 77.2 cm³/mol. The minimum Gasteiger partial charge on any atom is -0.458 e. The number of allylic oxidation sites excluding steroid dienone is 1. The van der Waals surface area contributed by atoms with Crippen LogP contribution >= 0.6 is 0 Å². The molecule has 0 unspecified atom stereocenters. The average Bonchev–Trinajstić information content (AvgIpc) is 2.47. The molecule has 0 aliphatic carbocycles. The maximum atomic E-state index is 11.5. The molecule has 0 aliphatic heterocycles. The maximum Gasteiger partial charge on any atom is 0.330 e. The molecule has 0 saturated carbocycles. The first-order chi connectivity index (χ1) is 9.76. The van der Waals surface area contributed by atoms with Gasteiger partial charge in [0.2, 0.25) is 0 Å². The molecule has 4 heteroatoms. The first-order valence-corrected chi connectivity index (χ1v) is 6.61. The van der Waals surface area contributed by atoms with E-state index in [4.69, 9.17) is 14.2 Å². The summed E-state index contributed by atoms with van der Waals surface area (Å²) in [4.78, 5) is 11.5. The molecule has 1 aromatic rings. The summed E-state index contributed by atoms with van der Waals surface area (Å²) in [5.41, 5.74) is 0.978. The summed E-state index contributed by atoms with van der Waals surface area (Å²) >= 11 is 0. The van der Waals surface area contributed by atoms with E-state index in [0.29, 0.717) is 19.8 Å². The first-order valence-electron chi connectivity index (χ1n) is 6.61. The number of benzene rings is 1. The number of esters is 1. The minimum atomic E-state index is -0.331. The summed E-state index contributed by atoms with van der Waals surface area (Å²) in [6, 6.07) is 9.60. The van der Waals surface area contributed by atoms with E-state index in [-0.39, 0.29) is 11.9 Å². The fourth-order valence-electron chi connectivity index (χ4n) is 1.79. The monoisotopic (exact) mass is 278 g/mol. The second-order valence-corrected chi connectivity index (χ2v) is 4.51. The SMILES string of the molecule is COCC(C/C=C/C(=O)OCc1ccccc1)COC. The predicted octanol–water partition coefficient (Wildman–Crippen LogP) is 2.59. The minimum absolute atomic E-state index is 0.253. The number of hydrogen-bond acceptors (Lipinski definition) is 4. The smallest absolute Gasteiger partial charge is 0.330 e. The fraction of sp³-hybridized carbons (Fsp3) is 0.438. The van der Waals surface area contributed by atoms with E-state index in [0.717, 1.165) is 12.0 Å². The zero-order chi connectivity index (χ0) is 14.6. The highest BCUT2D eigenvalue weighted by Crippen LogP contribution is 2.06. The molecule has 0 bridgehead atoms. The quantitative estimate of drug-likeness (QED) is 0.514. The van der Waals surface area contributed by atoms with Gasteiger partial charge in [-0.2, -0.15) is 0 Å². The number of carbonyl (C=O) groups is 1. The van der Waals surface area contributed by atoms with Gasteiger partial charge in [0.15, 0.2) is 0 Å². The topological polar surface area (TPSA) is 44.8 Å². The van der Waals surface area contributed by atoms with Crippen molar-refractivity contribution in [1.82, 2.24) is 0 Å². The lowest BCUT2D eigenvalue weighted by molar-refractivity contribution is -0.139. The number of ether oxygens (including phenoxy) is 3. The van der Waals surface area contributed by atoms with Crippen LogP contribution in [0.4, 0.5) is 0 Å². The largest absolute Gasteiger partial charge is 0.458 e. The summed E-state index contributed by atoms with van der Waals surface area (Å²) in [5, 5.41) is 0. The van der Waals surface area contributed by atoms with Crippen molar-refractivity contribution >= 4 is 5.97 Å². The van der Waals surface area contributed by atoms with Gasteiger partial charge in [0, 0.05) is 26.2 Å². The molecule has 0 radical (unpaired) electrons. The Bertz CT molecular complexity index is 394. The van der Waals surface area contributed by atoms with E-state index < -0.39 is 0 Å². The van der Waals surface area contributed by atoms with Crippen molar-refractivity contribution in [3.63, 3.8) is 0 Å². The summed E-state index contributed by atoms with van der Waals surface area (Å²) in [6.07, 6.45) is 3.99. The van der Waals surface area contributed by atoms with Crippen LogP contribution in [0.3, 0.4) is 0 Å². The number of rotatable bonds is 9. The van der Waals surface area contributed by atoms with Gasteiger partial charge in [0.1, 0.15) is 6.61 Å². The van der Waals surface area contributed by atoms with E-state index >= 15 is 0 Å². The lowest BCUT2D eigenvalue weighted by atomic mass is 10.1. The molecule has 0 aromatic heterocycles. The highest BCUT2D eigenvalue weighted by Gasteiger charge is 2.06. The second-order valence-electron chi connectivity index (χ2n) is 4.51. The average molecular weight is 278 g/mol. The molecular weight excluding hydrogens is 256 g/mol. The Balaban J connectivity index is 2.28. The van der Waals surface area contributed by atoms with Crippen molar-refractivity contribution in [2.75, 3.05) is 27.4 Å². The van der Waals surface area contributed by atoms with Gasteiger partial charge in [-0.05, 0) is 12.0 Å². The molecule has 0 spiro atoms. The zero-order valence-electron chi connectivity index (χ0n) is 12.1. The highest BCUT2D eigenvalue weighted by molar-refractivity contribution is 5.81. The van der Waals surface area contributed by atoms with Crippen molar-refractivity contribution in [3.8, 4) is 0 Å². The number of carbonyl (C=O) groups excluding carboxylic acids is 1. The van der Waals surface area contributed by atoms with Gasteiger partial charge in [-0.15, -0.1) is 0 Å². The van der Waals surface area contributed by atoms with Gasteiger partial charge < -0.3 is 14.2 Å². The van der Waals surface area contributed by atoms with E-state index in [1.54, 1.807) is 20.3 Å². The van der Waals surface area contributed by atoms with Gasteiger partial charge in [0.25, 0.3) is 0 Å². The van der Waals surface area contributed by atoms with E-state index in [9.17, 15) is 4.79 Å².